The Kier molecular flexibility index (Phi) is 17.2. The van der Waals surface area contributed by atoms with Gasteiger partial charge < -0.3 is 25.5 Å². The second kappa shape index (κ2) is 19.0. The number of likely N-dealkylation sites (tertiary alicyclic amines) is 1. The minimum Gasteiger partial charge on any atom is -0.389 e. The number of hydrogen-bond donors (Lipinski definition) is 3. The van der Waals surface area contributed by atoms with E-state index in [1.807, 2.05) is 6.92 Å². The van der Waals surface area contributed by atoms with Gasteiger partial charge in [0.15, 0.2) is 0 Å². The molecule has 1 saturated heterocycles. The molecule has 1 fully saturated rings. The first-order valence-electron chi connectivity index (χ1n) is 12.2. The molecule has 0 saturated carbocycles. The molecule has 200 valence electrons. The molecule has 2 unspecified atom stereocenters. The lowest BCUT2D eigenvalue weighted by atomic mass is 10.1. The normalized spacial score (nSPS) is 15.1. The number of hydrogen-bond acceptors (Lipinski definition) is 7. The molecule has 1 aliphatic heterocycles. The van der Waals surface area contributed by atoms with Crippen LogP contribution in [0.4, 0.5) is 11.4 Å². The van der Waals surface area contributed by atoms with Gasteiger partial charge in [-0.25, -0.2) is 0 Å². The van der Waals surface area contributed by atoms with E-state index in [0.717, 1.165) is 44.8 Å². The predicted molar refractivity (Wildman–Crippen MR) is 148 cm³/mol. The lowest BCUT2D eigenvalue weighted by molar-refractivity contribution is -0.128. The highest BCUT2D eigenvalue weighted by Gasteiger charge is 2.27. The quantitative estimate of drug-likeness (QED) is 0.239. The molecule has 1 aliphatic rings. The smallest absolute Gasteiger partial charge is 0.228 e. The molecule has 36 heavy (non-hydrogen) atoms. The van der Waals surface area contributed by atoms with Crippen molar-refractivity contribution in [2.24, 2.45) is 11.1 Å². The molecule has 1 heterocycles. The van der Waals surface area contributed by atoms with E-state index in [1.165, 1.54) is 6.08 Å². The van der Waals surface area contributed by atoms with Crippen molar-refractivity contribution in [1.82, 2.24) is 15.1 Å². The molecule has 0 aromatic heterocycles. The minimum absolute atomic E-state index is 0.0535. The fourth-order valence-corrected chi connectivity index (χ4v) is 3.15. The monoisotopic (exact) mass is 501 g/mol. The number of anilines is 1. The van der Waals surface area contributed by atoms with Crippen LogP contribution < -0.4 is 10.6 Å². The lowest BCUT2D eigenvalue weighted by Gasteiger charge is -2.19. The molecule has 2 rings (SSSR count). The summed E-state index contributed by atoms with van der Waals surface area (Å²) < 4.78 is 0. The first-order valence-corrected chi connectivity index (χ1v) is 12.2. The number of carbonyl (C=O) groups excluding carboxylic acids is 2. The fourth-order valence-electron chi connectivity index (χ4n) is 3.15. The van der Waals surface area contributed by atoms with E-state index >= 15 is 0 Å². The number of nitrogens with one attached hydrogen (secondary N) is 2. The van der Waals surface area contributed by atoms with Crippen LogP contribution in [0.1, 0.15) is 34.1 Å². The van der Waals surface area contributed by atoms with Crippen molar-refractivity contribution in [3.8, 4) is 0 Å². The number of rotatable bonds is 11. The molecule has 2 amide bonds. The summed E-state index contributed by atoms with van der Waals surface area (Å²) in [5.41, 5.74) is 1.87. The SMILES string of the molecule is C=CC(=C)NCCN(CC)C(C)=O.C=CC(C)O.CCN1CCC(C(=O)Nc2ccc(N=O)cc2)C1. The number of benzene rings is 1. The molecule has 0 radical (unpaired) electrons. The average Bonchev–Trinajstić information content (AvgIpc) is 3.37. The van der Waals surface area contributed by atoms with Gasteiger partial charge in [0.25, 0.3) is 0 Å². The highest BCUT2D eigenvalue weighted by Crippen LogP contribution is 2.20. The van der Waals surface area contributed by atoms with Crippen LogP contribution in [0.3, 0.4) is 0 Å². The van der Waals surface area contributed by atoms with Crippen molar-refractivity contribution < 1.29 is 14.7 Å². The van der Waals surface area contributed by atoms with Crippen LogP contribution in [0, 0.1) is 10.8 Å². The van der Waals surface area contributed by atoms with E-state index in [4.69, 9.17) is 5.11 Å². The standard InChI is InChI=1S/C13H17N3O2.C10H18N2O.C4H8O/c1-2-16-8-7-10(9-16)13(17)14-11-3-5-12(15-18)6-4-11;1-5-9(3)11-7-8-12(6-2)10(4)13;1-3-4(2)5/h3-6,10H,2,7-9H2,1H3,(H,14,17);5,11H,1,3,6-8H2,2,4H3;3-5H,1H2,2H3. The number of likely N-dealkylation sites (N-methyl/N-ethyl adjacent to an activating group) is 1. The molecule has 3 N–H and O–H groups in total. The number of aliphatic hydroxyl groups excluding tert-OH is 1. The number of aliphatic hydroxyl groups is 1. The Morgan fingerprint density at radius 1 is 1.28 bits per heavy atom. The molecule has 9 heteroatoms. The van der Waals surface area contributed by atoms with Gasteiger partial charge in [0.2, 0.25) is 11.8 Å². The van der Waals surface area contributed by atoms with Gasteiger partial charge in [-0.2, -0.15) is 0 Å². The van der Waals surface area contributed by atoms with E-state index in [2.05, 4.69) is 47.4 Å². The first-order chi connectivity index (χ1) is 17.1. The second-order valence-corrected chi connectivity index (χ2v) is 8.24. The zero-order chi connectivity index (χ0) is 27.5. The third kappa shape index (κ3) is 14.2. The Morgan fingerprint density at radius 3 is 2.31 bits per heavy atom. The predicted octanol–water partition coefficient (Wildman–Crippen LogP) is 4.06. The third-order valence-electron chi connectivity index (χ3n) is 5.48. The molecule has 0 bridgehead atoms. The lowest BCUT2D eigenvalue weighted by Crippen LogP contribution is -2.34. The molecule has 9 nitrogen and oxygen atoms in total. The number of carbonyl (C=O) groups is 2. The summed E-state index contributed by atoms with van der Waals surface area (Å²) in [4.78, 5) is 37.3. The molecule has 1 aromatic rings. The van der Waals surface area contributed by atoms with Gasteiger partial charge in [0.05, 0.1) is 12.0 Å². The van der Waals surface area contributed by atoms with E-state index in [-0.39, 0.29) is 23.8 Å². The van der Waals surface area contributed by atoms with Gasteiger partial charge in [-0.15, -0.1) is 11.5 Å². The summed E-state index contributed by atoms with van der Waals surface area (Å²) in [6.45, 7) is 22.9. The summed E-state index contributed by atoms with van der Waals surface area (Å²) >= 11 is 0. The van der Waals surface area contributed by atoms with Crippen LogP contribution in [0.5, 0.6) is 0 Å². The van der Waals surface area contributed by atoms with Crippen molar-refractivity contribution in [3.05, 3.63) is 66.8 Å². The number of allylic oxidation sites excluding steroid dienone is 1. The Bertz CT molecular complexity index is 839. The molecular weight excluding hydrogens is 458 g/mol. The Hall–Kier alpha value is -3.30. The van der Waals surface area contributed by atoms with Crippen molar-refractivity contribution >= 4 is 23.2 Å². The minimum atomic E-state index is -0.352. The maximum absolute atomic E-state index is 12.0. The van der Waals surface area contributed by atoms with E-state index in [1.54, 1.807) is 49.1 Å². The summed E-state index contributed by atoms with van der Waals surface area (Å²) in [5.74, 6) is 0.222. The maximum Gasteiger partial charge on any atom is 0.228 e. The van der Waals surface area contributed by atoms with Crippen LogP contribution in [0.15, 0.2) is 67.0 Å². The van der Waals surface area contributed by atoms with Crippen LogP contribution in [0.2, 0.25) is 0 Å². The van der Waals surface area contributed by atoms with Crippen molar-refractivity contribution in [3.63, 3.8) is 0 Å². The van der Waals surface area contributed by atoms with Gasteiger partial charge in [-0.05, 0) is 68.9 Å². The highest BCUT2D eigenvalue weighted by atomic mass is 16.3. The first kappa shape index (κ1) is 32.7. The van der Waals surface area contributed by atoms with E-state index in [9.17, 15) is 14.5 Å². The van der Waals surface area contributed by atoms with E-state index < -0.39 is 0 Å². The second-order valence-electron chi connectivity index (χ2n) is 8.24. The largest absolute Gasteiger partial charge is 0.389 e. The van der Waals surface area contributed by atoms with Gasteiger partial charge in [0.1, 0.15) is 5.69 Å². The summed E-state index contributed by atoms with van der Waals surface area (Å²) in [7, 11) is 0. The van der Waals surface area contributed by atoms with Gasteiger partial charge in [-0.1, -0.05) is 26.2 Å². The van der Waals surface area contributed by atoms with Crippen LogP contribution in [-0.4, -0.2) is 72.1 Å². The Labute approximate surface area is 215 Å². The molecule has 1 aromatic carbocycles. The van der Waals surface area contributed by atoms with E-state index in [0.29, 0.717) is 17.9 Å². The van der Waals surface area contributed by atoms with Crippen LogP contribution in [0.25, 0.3) is 0 Å². The van der Waals surface area contributed by atoms with Gasteiger partial charge >= 0.3 is 0 Å². The number of amides is 2. The average molecular weight is 502 g/mol. The fraction of sp³-hybridized carbons (Fsp3) is 0.481. The summed E-state index contributed by atoms with van der Waals surface area (Å²) in [5, 5.41) is 17.0. The van der Waals surface area contributed by atoms with Crippen molar-refractivity contribution in [2.45, 2.75) is 40.2 Å². The Balaban J connectivity index is 0.000000597. The molecule has 2 atom stereocenters. The van der Waals surface area contributed by atoms with Gasteiger partial charge in [0, 0.05) is 44.5 Å². The maximum atomic E-state index is 12.0. The molecule has 0 aliphatic carbocycles. The third-order valence-corrected chi connectivity index (χ3v) is 5.48. The van der Waals surface area contributed by atoms with Crippen molar-refractivity contribution in [2.75, 3.05) is 44.6 Å². The Morgan fingerprint density at radius 2 is 1.89 bits per heavy atom. The van der Waals surface area contributed by atoms with Crippen molar-refractivity contribution in [1.29, 1.82) is 0 Å². The molecule has 0 spiro atoms. The summed E-state index contributed by atoms with van der Waals surface area (Å²) in [6.07, 6.45) is 3.69. The zero-order valence-electron chi connectivity index (χ0n) is 22.2. The van der Waals surface area contributed by atoms with Crippen LogP contribution in [-0.2, 0) is 9.59 Å². The van der Waals surface area contributed by atoms with Crippen LogP contribution >= 0.6 is 0 Å². The highest BCUT2D eigenvalue weighted by molar-refractivity contribution is 5.93. The number of nitroso groups, excluding NO2 is 1. The number of nitrogens with zero attached hydrogens (tertiary/aromatic N) is 3. The zero-order valence-corrected chi connectivity index (χ0v) is 22.2. The topological polar surface area (TPSA) is 114 Å². The van der Waals surface area contributed by atoms with Gasteiger partial charge in [-0.3, -0.25) is 9.59 Å². The summed E-state index contributed by atoms with van der Waals surface area (Å²) in [6, 6.07) is 6.58. The molecular formula is C27H43N5O4.